The predicted octanol–water partition coefficient (Wildman–Crippen LogP) is 1.70. The number of Topliss-reactive ketones (excluding diaryl/α,β-unsaturated/α-hetero) is 1. The quantitative estimate of drug-likeness (QED) is 0.438. The van der Waals surface area contributed by atoms with Gasteiger partial charge >= 0.3 is 0 Å². The summed E-state index contributed by atoms with van der Waals surface area (Å²) >= 11 is 0. The van der Waals surface area contributed by atoms with E-state index >= 15 is 0 Å². The van der Waals surface area contributed by atoms with Crippen molar-refractivity contribution in [2.75, 3.05) is 0 Å². The molecule has 1 unspecified atom stereocenters. The summed E-state index contributed by atoms with van der Waals surface area (Å²) in [4.78, 5) is 11.5. The molecule has 2 nitrogen and oxygen atoms in total. The van der Waals surface area contributed by atoms with Crippen LogP contribution in [0.5, 0.6) is 0 Å². The molecule has 2 heteroatoms. The Morgan fingerprint density at radius 1 is 1.75 bits per heavy atom. The van der Waals surface area contributed by atoms with E-state index < -0.39 is 5.60 Å². The van der Waals surface area contributed by atoms with Crippen molar-refractivity contribution in [2.45, 2.75) is 38.4 Å². The Hall–Kier alpha value is -0.630. The van der Waals surface area contributed by atoms with Crippen LogP contribution in [0.25, 0.3) is 0 Å². The molecule has 3 atom stereocenters. The van der Waals surface area contributed by atoms with Crippen LogP contribution in [-0.2, 0) is 9.53 Å². The number of allylic oxidation sites excluding steroid dienone is 1. The molecule has 2 fully saturated rings. The van der Waals surface area contributed by atoms with E-state index in [1.165, 1.54) is 0 Å². The summed E-state index contributed by atoms with van der Waals surface area (Å²) in [5.41, 5.74) is 0.701. The van der Waals surface area contributed by atoms with Crippen LogP contribution in [0.2, 0.25) is 0 Å². The van der Waals surface area contributed by atoms with Gasteiger partial charge in [-0.3, -0.25) is 4.79 Å². The number of epoxide rings is 1. The molecule has 0 amide bonds. The first-order chi connectivity index (χ1) is 5.54. The van der Waals surface area contributed by atoms with Crippen molar-refractivity contribution in [3.05, 3.63) is 12.2 Å². The molecule has 0 N–H and O–H groups in total. The third kappa shape index (κ3) is 0.944. The first-order valence-electron chi connectivity index (χ1n) is 4.40. The fourth-order valence-corrected chi connectivity index (χ4v) is 1.92. The van der Waals surface area contributed by atoms with Crippen molar-refractivity contribution in [3.8, 4) is 0 Å². The second-order valence-corrected chi connectivity index (χ2v) is 4.12. The van der Waals surface area contributed by atoms with Gasteiger partial charge in [0.05, 0.1) is 6.10 Å². The molecule has 0 aromatic heterocycles. The zero-order valence-electron chi connectivity index (χ0n) is 7.59. The van der Waals surface area contributed by atoms with Gasteiger partial charge in [-0.1, -0.05) is 12.2 Å². The van der Waals surface area contributed by atoms with E-state index in [4.69, 9.17) is 4.74 Å². The lowest BCUT2D eigenvalue weighted by Crippen LogP contribution is -2.32. The van der Waals surface area contributed by atoms with Crippen molar-refractivity contribution in [3.63, 3.8) is 0 Å². The number of ketones is 1. The van der Waals surface area contributed by atoms with E-state index in [-0.39, 0.29) is 11.9 Å². The third-order valence-electron chi connectivity index (χ3n) is 3.13. The lowest BCUT2D eigenvalue weighted by Gasteiger charge is -2.21. The average Bonchev–Trinajstić information content (AvgIpc) is 2.62. The molecule has 0 aromatic rings. The SMILES string of the molecule is C=C(C)C1CC(=O)[C@@]2(C)O[C@@H]2C1. The molecular weight excluding hydrogens is 152 g/mol. The number of carbonyl (C=O) groups is 1. The van der Waals surface area contributed by atoms with Gasteiger partial charge in [0, 0.05) is 6.42 Å². The lowest BCUT2D eigenvalue weighted by atomic mass is 9.79. The monoisotopic (exact) mass is 166 g/mol. The number of hydrogen-bond donors (Lipinski definition) is 0. The van der Waals surface area contributed by atoms with Gasteiger partial charge in [-0.05, 0) is 26.2 Å². The van der Waals surface area contributed by atoms with E-state index in [1.807, 2.05) is 13.8 Å². The second-order valence-electron chi connectivity index (χ2n) is 4.12. The van der Waals surface area contributed by atoms with Crippen LogP contribution >= 0.6 is 0 Å². The van der Waals surface area contributed by atoms with E-state index in [2.05, 4.69) is 6.58 Å². The zero-order chi connectivity index (χ0) is 8.93. The van der Waals surface area contributed by atoms with E-state index in [0.717, 1.165) is 12.0 Å². The highest BCUT2D eigenvalue weighted by Gasteiger charge is 2.61. The van der Waals surface area contributed by atoms with Gasteiger partial charge < -0.3 is 4.74 Å². The topological polar surface area (TPSA) is 29.6 Å². The molecule has 2 rings (SSSR count). The molecule has 0 spiro atoms. The number of hydrogen-bond acceptors (Lipinski definition) is 2. The van der Waals surface area contributed by atoms with Gasteiger partial charge in [0.15, 0.2) is 5.78 Å². The Bertz CT molecular complexity index is 257. The van der Waals surface area contributed by atoms with Crippen molar-refractivity contribution in [2.24, 2.45) is 5.92 Å². The maximum absolute atomic E-state index is 11.5. The van der Waals surface area contributed by atoms with Crippen LogP contribution < -0.4 is 0 Å². The normalized spacial score (nSPS) is 45.3. The minimum Gasteiger partial charge on any atom is -0.358 e. The molecule has 2 aliphatic rings. The van der Waals surface area contributed by atoms with Gasteiger partial charge in [0.1, 0.15) is 5.60 Å². The minimum atomic E-state index is -0.411. The van der Waals surface area contributed by atoms with E-state index in [1.54, 1.807) is 0 Å². The predicted molar refractivity (Wildman–Crippen MR) is 45.8 cm³/mol. The van der Waals surface area contributed by atoms with Gasteiger partial charge in [0.25, 0.3) is 0 Å². The van der Waals surface area contributed by atoms with Crippen molar-refractivity contribution in [1.82, 2.24) is 0 Å². The Kier molecular flexibility index (Phi) is 1.46. The van der Waals surface area contributed by atoms with Gasteiger partial charge in [-0.25, -0.2) is 0 Å². The zero-order valence-corrected chi connectivity index (χ0v) is 7.59. The summed E-state index contributed by atoms with van der Waals surface area (Å²) < 4.78 is 5.37. The second kappa shape index (κ2) is 2.19. The summed E-state index contributed by atoms with van der Waals surface area (Å²) in [5.74, 6) is 0.616. The Morgan fingerprint density at radius 2 is 2.42 bits per heavy atom. The molecule has 1 saturated carbocycles. The minimum absolute atomic E-state index is 0.181. The molecule has 1 saturated heterocycles. The number of rotatable bonds is 1. The molecule has 1 heterocycles. The summed E-state index contributed by atoms with van der Waals surface area (Å²) in [6.07, 6.45) is 1.79. The van der Waals surface area contributed by atoms with Crippen molar-refractivity contribution >= 4 is 5.78 Å². The summed E-state index contributed by atoms with van der Waals surface area (Å²) in [6.45, 7) is 7.77. The van der Waals surface area contributed by atoms with Gasteiger partial charge in [-0.2, -0.15) is 0 Å². The van der Waals surface area contributed by atoms with E-state index in [9.17, 15) is 4.79 Å². The first-order valence-corrected chi connectivity index (χ1v) is 4.40. The maximum atomic E-state index is 11.5. The highest BCUT2D eigenvalue weighted by atomic mass is 16.6. The average molecular weight is 166 g/mol. The molecule has 1 aliphatic carbocycles. The summed E-state index contributed by atoms with van der Waals surface area (Å²) in [7, 11) is 0. The highest BCUT2D eigenvalue weighted by molar-refractivity contribution is 5.91. The fraction of sp³-hybridized carbons (Fsp3) is 0.700. The molecule has 0 radical (unpaired) electrons. The molecule has 1 aliphatic heterocycles. The standard InChI is InChI=1S/C10H14O2/c1-6(2)7-4-8(11)10(3)9(5-7)12-10/h7,9H,1,4-5H2,2-3H3/t7?,9-,10-/m1/s1. The first kappa shape index (κ1) is 7.99. The van der Waals surface area contributed by atoms with E-state index in [0.29, 0.717) is 12.3 Å². The molecule has 66 valence electrons. The van der Waals surface area contributed by atoms with Crippen LogP contribution in [0.15, 0.2) is 12.2 Å². The molecule has 12 heavy (non-hydrogen) atoms. The maximum Gasteiger partial charge on any atom is 0.167 e. The van der Waals surface area contributed by atoms with Crippen LogP contribution in [0.3, 0.4) is 0 Å². The van der Waals surface area contributed by atoms with Crippen molar-refractivity contribution < 1.29 is 9.53 Å². The number of carbonyl (C=O) groups excluding carboxylic acids is 1. The molecule has 0 bridgehead atoms. The largest absolute Gasteiger partial charge is 0.358 e. The van der Waals surface area contributed by atoms with Crippen LogP contribution in [-0.4, -0.2) is 17.5 Å². The van der Waals surface area contributed by atoms with Gasteiger partial charge in [0.2, 0.25) is 0 Å². The Morgan fingerprint density at radius 3 is 2.92 bits per heavy atom. The van der Waals surface area contributed by atoms with Crippen molar-refractivity contribution in [1.29, 1.82) is 0 Å². The highest BCUT2D eigenvalue weighted by Crippen LogP contribution is 2.48. The summed E-state index contributed by atoms with van der Waals surface area (Å²) in [5, 5.41) is 0. The Labute approximate surface area is 72.6 Å². The van der Waals surface area contributed by atoms with Gasteiger partial charge in [-0.15, -0.1) is 0 Å². The summed E-state index contributed by atoms with van der Waals surface area (Å²) in [6, 6.07) is 0. The lowest BCUT2D eigenvalue weighted by molar-refractivity contribution is -0.124. The van der Waals surface area contributed by atoms with Crippen LogP contribution in [0.1, 0.15) is 26.7 Å². The Balaban J connectivity index is 2.12. The smallest absolute Gasteiger partial charge is 0.167 e. The van der Waals surface area contributed by atoms with Crippen LogP contribution in [0.4, 0.5) is 0 Å². The number of ether oxygens (including phenoxy) is 1. The fourth-order valence-electron chi connectivity index (χ4n) is 1.92. The third-order valence-corrected chi connectivity index (χ3v) is 3.13. The molecule has 0 aromatic carbocycles. The van der Waals surface area contributed by atoms with Crippen LogP contribution in [0, 0.1) is 5.92 Å². The molecular formula is C10H14O2. The number of fused-ring (bicyclic) bond motifs is 1.